The Kier molecular flexibility index (Phi) is 3.22. The summed E-state index contributed by atoms with van der Waals surface area (Å²) in [6.07, 6.45) is 1.85. The van der Waals surface area contributed by atoms with Gasteiger partial charge >= 0.3 is 0 Å². The number of hydrogen-bond donors (Lipinski definition) is 0. The highest BCUT2D eigenvalue weighted by Crippen LogP contribution is 2.32. The minimum Gasteiger partial charge on any atom is -0.207 e. The van der Waals surface area contributed by atoms with E-state index in [1.165, 1.54) is 23.9 Å². The molecule has 0 saturated heterocycles. The topological polar surface area (TPSA) is 0 Å². The second-order valence-corrected chi connectivity index (χ2v) is 3.98. The third kappa shape index (κ3) is 2.10. The summed E-state index contributed by atoms with van der Waals surface area (Å²) >= 11 is 10.4. The second-order valence-electron chi connectivity index (χ2n) is 1.90. The van der Waals surface area contributed by atoms with Gasteiger partial charge in [0, 0.05) is 9.37 Å². The highest BCUT2D eigenvalue weighted by atomic mass is 79.9. The summed E-state index contributed by atoms with van der Waals surface area (Å²) in [5, 5.41) is 0.568. The van der Waals surface area contributed by atoms with E-state index in [1.807, 2.05) is 6.26 Å². The molecule has 0 heterocycles. The van der Waals surface area contributed by atoms with E-state index in [0.29, 0.717) is 9.50 Å². The summed E-state index contributed by atoms with van der Waals surface area (Å²) < 4.78 is 13.3. The van der Waals surface area contributed by atoms with Crippen LogP contribution >= 0.6 is 39.3 Å². The van der Waals surface area contributed by atoms with Gasteiger partial charge in [-0.05, 0) is 34.3 Å². The second kappa shape index (κ2) is 3.78. The summed E-state index contributed by atoms with van der Waals surface area (Å²) in [6.45, 7) is 0. The van der Waals surface area contributed by atoms with Crippen LogP contribution in [0.1, 0.15) is 0 Å². The summed E-state index contributed by atoms with van der Waals surface area (Å²) in [6, 6.07) is 2.76. The van der Waals surface area contributed by atoms with Gasteiger partial charge in [-0.25, -0.2) is 4.39 Å². The zero-order valence-electron chi connectivity index (χ0n) is 5.70. The first-order chi connectivity index (χ1) is 5.15. The van der Waals surface area contributed by atoms with Crippen LogP contribution in [0.2, 0.25) is 5.02 Å². The van der Waals surface area contributed by atoms with Crippen molar-refractivity contribution in [1.29, 1.82) is 0 Å². The molecular formula is C7H5BrClFS. The average Bonchev–Trinajstić information content (AvgIpc) is 1.96. The van der Waals surface area contributed by atoms with E-state index < -0.39 is 0 Å². The van der Waals surface area contributed by atoms with Crippen molar-refractivity contribution >= 4 is 39.3 Å². The van der Waals surface area contributed by atoms with Gasteiger partial charge in [0.15, 0.2) is 0 Å². The summed E-state index contributed by atoms with van der Waals surface area (Å²) in [5.41, 5.74) is 0. The lowest BCUT2D eigenvalue weighted by Crippen LogP contribution is -1.79. The van der Waals surface area contributed by atoms with Gasteiger partial charge in [-0.1, -0.05) is 11.6 Å². The molecule has 0 bridgehead atoms. The third-order valence-electron chi connectivity index (χ3n) is 1.18. The van der Waals surface area contributed by atoms with Gasteiger partial charge in [0.2, 0.25) is 0 Å². The largest absolute Gasteiger partial charge is 0.207 e. The van der Waals surface area contributed by atoms with Crippen molar-refractivity contribution in [1.82, 2.24) is 0 Å². The lowest BCUT2D eigenvalue weighted by atomic mass is 10.3. The molecular weight excluding hydrogens is 250 g/mol. The monoisotopic (exact) mass is 254 g/mol. The minimum absolute atomic E-state index is 0.273. The first-order valence-corrected chi connectivity index (χ1v) is 5.23. The molecule has 0 radical (unpaired) electrons. The van der Waals surface area contributed by atoms with Crippen LogP contribution in [0.4, 0.5) is 4.39 Å². The van der Waals surface area contributed by atoms with Crippen LogP contribution in [0.25, 0.3) is 0 Å². The Balaban J connectivity index is 3.24. The van der Waals surface area contributed by atoms with Crippen LogP contribution in [0, 0.1) is 5.82 Å². The van der Waals surface area contributed by atoms with Gasteiger partial charge in [-0.15, -0.1) is 11.8 Å². The maximum Gasteiger partial charge on any atom is 0.125 e. The summed E-state index contributed by atoms with van der Waals surface area (Å²) in [5.74, 6) is -0.273. The molecule has 11 heavy (non-hydrogen) atoms. The fourth-order valence-electron chi connectivity index (χ4n) is 0.681. The zero-order chi connectivity index (χ0) is 8.43. The smallest absolute Gasteiger partial charge is 0.125 e. The van der Waals surface area contributed by atoms with Gasteiger partial charge in [0.25, 0.3) is 0 Å². The van der Waals surface area contributed by atoms with Crippen LogP contribution in [0.15, 0.2) is 21.5 Å². The van der Waals surface area contributed by atoms with Crippen LogP contribution < -0.4 is 0 Å². The molecule has 1 aromatic rings. The van der Waals surface area contributed by atoms with Crippen molar-refractivity contribution in [3.63, 3.8) is 0 Å². The molecule has 0 unspecified atom stereocenters. The predicted molar refractivity (Wildman–Crippen MR) is 50.9 cm³/mol. The van der Waals surface area contributed by atoms with Crippen LogP contribution in [-0.2, 0) is 0 Å². The van der Waals surface area contributed by atoms with E-state index in [-0.39, 0.29) is 5.82 Å². The molecule has 4 heteroatoms. The maximum atomic E-state index is 12.7. The number of thioether (sulfide) groups is 1. The van der Waals surface area contributed by atoms with Crippen LogP contribution in [-0.4, -0.2) is 6.26 Å². The predicted octanol–water partition coefficient (Wildman–Crippen LogP) is 3.96. The Hall–Kier alpha value is 0.270. The number of hydrogen-bond acceptors (Lipinski definition) is 1. The van der Waals surface area contributed by atoms with E-state index in [9.17, 15) is 4.39 Å². The molecule has 0 spiro atoms. The molecule has 0 nitrogen and oxygen atoms in total. The molecule has 1 rings (SSSR count). The molecule has 0 aliphatic heterocycles. The molecule has 1 aromatic carbocycles. The molecule has 0 amide bonds. The Morgan fingerprint density at radius 3 is 2.73 bits per heavy atom. The number of rotatable bonds is 1. The highest BCUT2D eigenvalue weighted by Gasteiger charge is 2.05. The normalized spacial score (nSPS) is 10.2. The van der Waals surface area contributed by atoms with Crippen molar-refractivity contribution in [2.45, 2.75) is 4.90 Å². The molecule has 60 valence electrons. The molecule has 0 fully saturated rings. The van der Waals surface area contributed by atoms with E-state index in [0.717, 1.165) is 4.90 Å². The Labute approximate surface area is 82.3 Å². The number of halogens is 3. The van der Waals surface area contributed by atoms with Gasteiger partial charge in [-0.2, -0.15) is 0 Å². The van der Waals surface area contributed by atoms with Gasteiger partial charge in [0.05, 0.1) is 5.02 Å². The molecule has 0 aliphatic rings. The lowest BCUT2D eigenvalue weighted by Gasteiger charge is -2.01. The van der Waals surface area contributed by atoms with E-state index in [4.69, 9.17) is 11.6 Å². The molecule has 0 aromatic heterocycles. The van der Waals surface area contributed by atoms with E-state index >= 15 is 0 Å². The van der Waals surface area contributed by atoms with Crippen molar-refractivity contribution in [3.05, 3.63) is 27.4 Å². The molecule has 0 N–H and O–H groups in total. The SMILES string of the molecule is CSc1cc(F)cc(Br)c1Cl. The number of benzene rings is 1. The van der Waals surface area contributed by atoms with E-state index in [1.54, 1.807) is 0 Å². The fourth-order valence-corrected chi connectivity index (χ4v) is 2.10. The third-order valence-corrected chi connectivity index (χ3v) is 3.31. The van der Waals surface area contributed by atoms with Crippen molar-refractivity contribution in [3.8, 4) is 0 Å². The summed E-state index contributed by atoms with van der Waals surface area (Å²) in [4.78, 5) is 0.749. The Morgan fingerprint density at radius 1 is 1.55 bits per heavy atom. The summed E-state index contributed by atoms with van der Waals surface area (Å²) in [7, 11) is 0. The van der Waals surface area contributed by atoms with Gasteiger partial charge < -0.3 is 0 Å². The van der Waals surface area contributed by atoms with Crippen molar-refractivity contribution < 1.29 is 4.39 Å². The van der Waals surface area contributed by atoms with Crippen LogP contribution in [0.5, 0.6) is 0 Å². The standard InChI is InChI=1S/C7H5BrClFS/c1-11-6-3-4(10)2-5(8)7(6)9/h2-3H,1H3. The quantitative estimate of drug-likeness (QED) is 0.541. The minimum atomic E-state index is -0.273. The zero-order valence-corrected chi connectivity index (χ0v) is 8.86. The highest BCUT2D eigenvalue weighted by molar-refractivity contribution is 9.10. The first kappa shape index (κ1) is 9.36. The lowest BCUT2D eigenvalue weighted by molar-refractivity contribution is 0.623. The van der Waals surface area contributed by atoms with Gasteiger partial charge in [0.1, 0.15) is 5.82 Å². The first-order valence-electron chi connectivity index (χ1n) is 2.83. The maximum absolute atomic E-state index is 12.7. The fraction of sp³-hybridized carbons (Fsp3) is 0.143. The molecule has 0 saturated carbocycles. The van der Waals surface area contributed by atoms with Crippen molar-refractivity contribution in [2.75, 3.05) is 6.26 Å². The molecule has 0 atom stereocenters. The Morgan fingerprint density at radius 2 is 2.18 bits per heavy atom. The average molecular weight is 256 g/mol. The van der Waals surface area contributed by atoms with Crippen LogP contribution in [0.3, 0.4) is 0 Å². The Bertz CT molecular complexity index is 277. The van der Waals surface area contributed by atoms with E-state index in [2.05, 4.69) is 15.9 Å². The van der Waals surface area contributed by atoms with Gasteiger partial charge in [-0.3, -0.25) is 0 Å². The van der Waals surface area contributed by atoms with Crippen molar-refractivity contribution in [2.24, 2.45) is 0 Å². The molecule has 0 aliphatic carbocycles.